The molecule has 0 fully saturated rings. The van der Waals surface area contributed by atoms with Crippen LogP contribution in [0.15, 0.2) is 23.4 Å². The molecule has 2 N–H and O–H groups in total. The van der Waals surface area contributed by atoms with Gasteiger partial charge in [0.15, 0.2) is 0 Å². The van der Waals surface area contributed by atoms with E-state index in [0.717, 1.165) is 0 Å². The molecule has 0 aliphatic heterocycles. The Morgan fingerprint density at radius 3 is 2.65 bits per heavy atom. The third-order valence-corrected chi connectivity index (χ3v) is 2.88. The van der Waals surface area contributed by atoms with Crippen LogP contribution in [-0.2, 0) is 4.79 Å². The van der Waals surface area contributed by atoms with Gasteiger partial charge >= 0.3 is 5.97 Å². The highest BCUT2D eigenvalue weighted by Gasteiger charge is 2.30. The molecule has 0 saturated carbocycles. The fourth-order valence-electron chi connectivity index (χ4n) is 1.13. The molecule has 0 saturated heterocycles. The second-order valence-electron chi connectivity index (χ2n) is 3.94. The molecule has 0 unspecified atom stereocenters. The predicted octanol–water partition coefficient (Wildman–Crippen LogP) is 1.40. The van der Waals surface area contributed by atoms with Gasteiger partial charge in [-0.15, -0.1) is 11.8 Å². The van der Waals surface area contributed by atoms with E-state index in [1.165, 1.54) is 25.6 Å². The van der Waals surface area contributed by atoms with Crippen molar-refractivity contribution in [3.63, 3.8) is 0 Å². The minimum atomic E-state index is -1.30. The van der Waals surface area contributed by atoms with Gasteiger partial charge in [0.05, 0.1) is 5.56 Å². The van der Waals surface area contributed by atoms with Gasteiger partial charge in [-0.05, 0) is 32.2 Å². The molecule has 0 aliphatic rings. The van der Waals surface area contributed by atoms with E-state index in [9.17, 15) is 9.59 Å². The Kier molecular flexibility index (Phi) is 4.11. The molecule has 92 valence electrons. The second kappa shape index (κ2) is 5.18. The van der Waals surface area contributed by atoms with Crippen LogP contribution in [0.3, 0.4) is 0 Å². The summed E-state index contributed by atoms with van der Waals surface area (Å²) < 4.78 is 0. The van der Waals surface area contributed by atoms with Crippen molar-refractivity contribution < 1.29 is 14.7 Å². The lowest BCUT2D eigenvalue weighted by molar-refractivity contribution is -0.143. The number of carbonyl (C=O) groups is 2. The summed E-state index contributed by atoms with van der Waals surface area (Å²) in [6.45, 7) is 2.87. The fraction of sp³-hybridized carbons (Fsp3) is 0.364. The second-order valence-corrected chi connectivity index (χ2v) is 4.74. The number of carboxylic acids is 1. The molecule has 0 radical (unpaired) electrons. The highest BCUT2D eigenvalue weighted by molar-refractivity contribution is 7.98. The van der Waals surface area contributed by atoms with E-state index in [1.54, 1.807) is 24.6 Å². The van der Waals surface area contributed by atoms with Crippen LogP contribution >= 0.6 is 11.8 Å². The summed E-state index contributed by atoms with van der Waals surface area (Å²) in [5, 5.41) is 12.0. The summed E-state index contributed by atoms with van der Waals surface area (Å²) in [6, 6.07) is 3.26. The van der Waals surface area contributed by atoms with Gasteiger partial charge in [-0.3, -0.25) is 4.79 Å². The van der Waals surface area contributed by atoms with Crippen molar-refractivity contribution in [3.8, 4) is 0 Å². The number of carbonyl (C=O) groups excluding carboxylic acids is 1. The molecule has 0 spiro atoms. The summed E-state index contributed by atoms with van der Waals surface area (Å²) in [7, 11) is 0. The number of amides is 1. The van der Waals surface area contributed by atoms with Gasteiger partial charge in [-0.1, -0.05) is 0 Å². The number of hydrogen-bond donors (Lipinski definition) is 2. The fourth-order valence-corrected chi connectivity index (χ4v) is 1.68. The van der Waals surface area contributed by atoms with Crippen molar-refractivity contribution >= 4 is 23.6 Å². The molecular weight excluding hydrogens is 240 g/mol. The average molecular weight is 254 g/mol. The minimum Gasteiger partial charge on any atom is -0.480 e. The molecule has 0 atom stereocenters. The van der Waals surface area contributed by atoms with E-state index in [0.29, 0.717) is 10.6 Å². The Morgan fingerprint density at radius 1 is 1.47 bits per heavy atom. The monoisotopic (exact) mass is 254 g/mol. The largest absolute Gasteiger partial charge is 0.480 e. The Labute approximate surface area is 104 Å². The van der Waals surface area contributed by atoms with Gasteiger partial charge in [-0.25, -0.2) is 9.78 Å². The first kappa shape index (κ1) is 13.5. The van der Waals surface area contributed by atoms with Crippen LogP contribution in [0.4, 0.5) is 0 Å². The summed E-state index contributed by atoms with van der Waals surface area (Å²) in [5.74, 6) is -1.52. The molecule has 1 amide bonds. The lowest BCUT2D eigenvalue weighted by atomic mass is 10.1. The SMILES string of the molecule is CSc1ncccc1C(=O)NC(C)(C)C(=O)O. The molecule has 1 aromatic rings. The van der Waals surface area contributed by atoms with Crippen molar-refractivity contribution in [1.82, 2.24) is 10.3 Å². The molecule has 0 bridgehead atoms. The van der Waals surface area contributed by atoms with E-state index in [2.05, 4.69) is 10.3 Å². The van der Waals surface area contributed by atoms with E-state index in [-0.39, 0.29) is 0 Å². The number of carboxylic acid groups (broad SMARTS) is 1. The number of hydrogen-bond acceptors (Lipinski definition) is 4. The zero-order valence-electron chi connectivity index (χ0n) is 9.85. The molecule has 0 aromatic carbocycles. The third kappa shape index (κ3) is 3.20. The number of nitrogens with zero attached hydrogens (tertiary/aromatic N) is 1. The Hall–Kier alpha value is -1.56. The molecule has 1 aromatic heterocycles. The molecule has 1 heterocycles. The van der Waals surface area contributed by atoms with E-state index >= 15 is 0 Å². The van der Waals surface area contributed by atoms with Gasteiger partial charge in [0.2, 0.25) is 0 Å². The van der Waals surface area contributed by atoms with E-state index in [1.807, 2.05) is 0 Å². The first-order valence-corrected chi connectivity index (χ1v) is 6.16. The Bertz CT molecular complexity index is 446. The summed E-state index contributed by atoms with van der Waals surface area (Å²) in [6.07, 6.45) is 3.40. The lowest BCUT2D eigenvalue weighted by Crippen LogP contribution is -2.49. The van der Waals surface area contributed by atoms with Crippen molar-refractivity contribution in [2.45, 2.75) is 24.4 Å². The molecular formula is C11H14N2O3S. The number of thioether (sulfide) groups is 1. The van der Waals surface area contributed by atoms with Crippen LogP contribution in [0.25, 0.3) is 0 Å². The first-order chi connectivity index (χ1) is 7.88. The van der Waals surface area contributed by atoms with E-state index in [4.69, 9.17) is 5.11 Å². The maximum atomic E-state index is 11.9. The standard InChI is InChI=1S/C11H14N2O3S/c1-11(2,10(15)16)13-8(14)7-5-4-6-12-9(7)17-3/h4-6H,1-3H3,(H,13,14)(H,15,16). The normalized spacial score (nSPS) is 11.0. The quantitative estimate of drug-likeness (QED) is 0.794. The van der Waals surface area contributed by atoms with Crippen molar-refractivity contribution in [1.29, 1.82) is 0 Å². The van der Waals surface area contributed by atoms with Crippen LogP contribution in [0, 0.1) is 0 Å². The number of rotatable bonds is 4. The average Bonchev–Trinajstić information content (AvgIpc) is 2.28. The topological polar surface area (TPSA) is 79.3 Å². The van der Waals surface area contributed by atoms with Gasteiger partial charge in [0, 0.05) is 6.20 Å². The number of nitrogens with one attached hydrogen (secondary N) is 1. The lowest BCUT2D eigenvalue weighted by Gasteiger charge is -2.21. The molecule has 6 heteroatoms. The maximum absolute atomic E-state index is 11.9. The number of aliphatic carboxylic acids is 1. The van der Waals surface area contributed by atoms with Gasteiger partial charge in [0.25, 0.3) is 5.91 Å². The summed E-state index contributed by atoms with van der Waals surface area (Å²) in [5.41, 5.74) is -0.919. The first-order valence-electron chi connectivity index (χ1n) is 4.93. The summed E-state index contributed by atoms with van der Waals surface area (Å²) in [4.78, 5) is 26.9. The molecule has 5 nitrogen and oxygen atoms in total. The molecule has 17 heavy (non-hydrogen) atoms. The van der Waals surface area contributed by atoms with Gasteiger partial charge < -0.3 is 10.4 Å². The minimum absolute atomic E-state index is 0.384. The zero-order chi connectivity index (χ0) is 13.1. The highest BCUT2D eigenvalue weighted by atomic mass is 32.2. The van der Waals surface area contributed by atoms with Crippen molar-refractivity contribution in [3.05, 3.63) is 23.9 Å². The summed E-state index contributed by atoms with van der Waals surface area (Å²) >= 11 is 1.34. The predicted molar refractivity (Wildman–Crippen MR) is 65.2 cm³/mol. The Balaban J connectivity index is 2.94. The van der Waals surface area contributed by atoms with Crippen LogP contribution in [0.5, 0.6) is 0 Å². The van der Waals surface area contributed by atoms with Gasteiger partial charge in [-0.2, -0.15) is 0 Å². The van der Waals surface area contributed by atoms with Crippen LogP contribution in [0.2, 0.25) is 0 Å². The van der Waals surface area contributed by atoms with Crippen LogP contribution in [-0.4, -0.2) is 33.8 Å². The smallest absolute Gasteiger partial charge is 0.328 e. The van der Waals surface area contributed by atoms with Crippen molar-refractivity contribution in [2.75, 3.05) is 6.26 Å². The zero-order valence-corrected chi connectivity index (χ0v) is 10.7. The van der Waals surface area contributed by atoms with Crippen LogP contribution < -0.4 is 5.32 Å². The maximum Gasteiger partial charge on any atom is 0.328 e. The highest BCUT2D eigenvalue weighted by Crippen LogP contribution is 2.17. The Morgan fingerprint density at radius 2 is 2.12 bits per heavy atom. The van der Waals surface area contributed by atoms with Crippen LogP contribution in [0.1, 0.15) is 24.2 Å². The molecule has 0 aliphatic carbocycles. The number of pyridine rings is 1. The van der Waals surface area contributed by atoms with Gasteiger partial charge in [0.1, 0.15) is 10.6 Å². The number of aromatic nitrogens is 1. The van der Waals surface area contributed by atoms with Crippen molar-refractivity contribution in [2.24, 2.45) is 0 Å². The third-order valence-electron chi connectivity index (χ3n) is 2.17. The molecule has 1 rings (SSSR count). The van der Waals surface area contributed by atoms with E-state index < -0.39 is 17.4 Å².